The average Bonchev–Trinajstić information content (AvgIpc) is 2.66. The standard InChI is InChI=1S/C16H17F4N5O3S/c1-29(26,27)14(17)12-8-25(4-5-28-12)15-22-3-2-11(24-15)9-7-23-13(21)6-10(9)16(18,19)20/h2-3,6-7,12,14H,4-5,8H2,1H3,(H2,21,23). The summed E-state index contributed by atoms with van der Waals surface area (Å²) in [5.74, 6) is -0.275. The lowest BCUT2D eigenvalue weighted by molar-refractivity contribution is -0.137. The third-order valence-electron chi connectivity index (χ3n) is 4.23. The highest BCUT2D eigenvalue weighted by Crippen LogP contribution is 2.37. The molecule has 1 fully saturated rings. The predicted octanol–water partition coefficient (Wildman–Crippen LogP) is 1.68. The number of hydrogen-bond donors (Lipinski definition) is 1. The van der Waals surface area contributed by atoms with Crippen LogP contribution in [0.25, 0.3) is 11.3 Å². The Bertz CT molecular complexity index is 1000. The molecule has 2 N–H and O–H groups in total. The van der Waals surface area contributed by atoms with Gasteiger partial charge in [-0.25, -0.2) is 27.8 Å². The highest BCUT2D eigenvalue weighted by atomic mass is 32.2. The molecule has 0 radical (unpaired) electrons. The fourth-order valence-electron chi connectivity index (χ4n) is 2.85. The van der Waals surface area contributed by atoms with E-state index < -0.39 is 33.2 Å². The molecule has 1 aliphatic heterocycles. The maximum atomic E-state index is 14.1. The zero-order chi connectivity index (χ0) is 21.4. The summed E-state index contributed by atoms with van der Waals surface area (Å²) >= 11 is 0. The lowest BCUT2D eigenvalue weighted by atomic mass is 10.1. The van der Waals surface area contributed by atoms with Crippen LogP contribution in [0.15, 0.2) is 24.5 Å². The van der Waals surface area contributed by atoms with Gasteiger partial charge in [0.25, 0.3) is 0 Å². The highest BCUT2D eigenvalue weighted by Gasteiger charge is 2.37. The fourth-order valence-corrected chi connectivity index (χ4v) is 3.57. The molecule has 8 nitrogen and oxygen atoms in total. The fraction of sp³-hybridized carbons (Fsp3) is 0.438. The molecule has 0 aliphatic carbocycles. The third-order valence-corrected chi connectivity index (χ3v) is 5.35. The Morgan fingerprint density at radius 1 is 1.34 bits per heavy atom. The number of alkyl halides is 4. The van der Waals surface area contributed by atoms with Crippen molar-refractivity contribution in [3.63, 3.8) is 0 Å². The topological polar surface area (TPSA) is 111 Å². The number of ether oxygens (including phenoxy) is 1. The molecule has 2 unspecified atom stereocenters. The maximum absolute atomic E-state index is 14.1. The van der Waals surface area contributed by atoms with E-state index in [0.29, 0.717) is 6.07 Å². The zero-order valence-corrected chi connectivity index (χ0v) is 15.9. The van der Waals surface area contributed by atoms with Gasteiger partial charge in [-0.2, -0.15) is 13.2 Å². The molecule has 0 bridgehead atoms. The van der Waals surface area contributed by atoms with Crippen molar-refractivity contribution >= 4 is 21.6 Å². The molecule has 29 heavy (non-hydrogen) atoms. The van der Waals surface area contributed by atoms with Crippen molar-refractivity contribution in [2.24, 2.45) is 0 Å². The minimum Gasteiger partial charge on any atom is -0.384 e. The Labute approximate surface area is 163 Å². The summed E-state index contributed by atoms with van der Waals surface area (Å²) in [6, 6.07) is 1.99. The number of anilines is 2. The summed E-state index contributed by atoms with van der Waals surface area (Å²) in [7, 11) is -3.99. The molecule has 0 amide bonds. The van der Waals surface area contributed by atoms with Crippen LogP contribution >= 0.6 is 0 Å². The number of nitrogens with zero attached hydrogens (tertiary/aromatic N) is 4. The van der Waals surface area contributed by atoms with Crippen LogP contribution in [0, 0.1) is 0 Å². The molecule has 2 aromatic rings. The average molecular weight is 435 g/mol. The van der Waals surface area contributed by atoms with Gasteiger partial charge in [0, 0.05) is 30.8 Å². The number of sulfone groups is 1. The number of halogens is 4. The Kier molecular flexibility index (Phi) is 5.63. The van der Waals surface area contributed by atoms with Crippen molar-refractivity contribution < 1.29 is 30.7 Å². The number of hydrogen-bond acceptors (Lipinski definition) is 8. The smallest absolute Gasteiger partial charge is 0.384 e. The second kappa shape index (κ2) is 7.71. The molecule has 0 saturated carbocycles. The maximum Gasteiger partial charge on any atom is 0.417 e. The van der Waals surface area contributed by atoms with Gasteiger partial charge in [-0.1, -0.05) is 0 Å². The Morgan fingerprint density at radius 2 is 2.07 bits per heavy atom. The van der Waals surface area contributed by atoms with Gasteiger partial charge in [-0.05, 0) is 12.1 Å². The number of pyridine rings is 1. The van der Waals surface area contributed by atoms with Gasteiger partial charge in [0.1, 0.15) is 11.9 Å². The zero-order valence-electron chi connectivity index (χ0n) is 15.1. The largest absolute Gasteiger partial charge is 0.417 e. The molecule has 158 valence electrons. The van der Waals surface area contributed by atoms with Crippen molar-refractivity contribution in [2.45, 2.75) is 17.8 Å². The quantitative estimate of drug-likeness (QED) is 0.723. The van der Waals surface area contributed by atoms with E-state index in [9.17, 15) is 26.0 Å². The van der Waals surface area contributed by atoms with Crippen LogP contribution < -0.4 is 10.6 Å². The van der Waals surface area contributed by atoms with E-state index in [4.69, 9.17) is 10.5 Å². The van der Waals surface area contributed by atoms with Crippen molar-refractivity contribution in [2.75, 3.05) is 36.6 Å². The second-order valence-corrected chi connectivity index (χ2v) is 8.54. The van der Waals surface area contributed by atoms with Crippen molar-refractivity contribution in [1.82, 2.24) is 15.0 Å². The van der Waals surface area contributed by atoms with Crippen LogP contribution in [-0.2, 0) is 20.8 Å². The second-order valence-electron chi connectivity index (χ2n) is 6.43. The summed E-state index contributed by atoms with van der Waals surface area (Å²) in [5, 5.41) is 0. The molecular weight excluding hydrogens is 418 g/mol. The molecule has 2 aromatic heterocycles. The minimum absolute atomic E-state index is 0.00538. The van der Waals surface area contributed by atoms with E-state index in [-0.39, 0.29) is 42.7 Å². The van der Waals surface area contributed by atoms with Crippen molar-refractivity contribution in [1.29, 1.82) is 0 Å². The minimum atomic E-state index is -4.68. The van der Waals surface area contributed by atoms with Gasteiger partial charge in [-0.3, -0.25) is 0 Å². The van der Waals surface area contributed by atoms with Crippen molar-refractivity contribution in [3.05, 3.63) is 30.1 Å². The first-order valence-electron chi connectivity index (χ1n) is 8.32. The molecule has 3 heterocycles. The number of nitrogens with two attached hydrogens (primary N) is 1. The molecule has 1 aliphatic rings. The van der Waals surface area contributed by atoms with Gasteiger partial charge < -0.3 is 15.4 Å². The van der Waals surface area contributed by atoms with Crippen LogP contribution in [0.3, 0.4) is 0 Å². The summed E-state index contributed by atoms with van der Waals surface area (Å²) in [4.78, 5) is 13.3. The van der Waals surface area contributed by atoms with E-state index in [1.165, 1.54) is 17.2 Å². The van der Waals surface area contributed by atoms with E-state index in [1.54, 1.807) is 0 Å². The monoisotopic (exact) mass is 435 g/mol. The molecule has 2 atom stereocenters. The summed E-state index contributed by atoms with van der Waals surface area (Å²) in [6.07, 6.45) is -2.98. The number of rotatable bonds is 4. The van der Waals surface area contributed by atoms with Gasteiger partial charge in [0.15, 0.2) is 9.84 Å². The SMILES string of the molecule is CS(=O)(=O)C(F)C1CN(c2nccc(-c3cnc(N)cc3C(F)(F)F)n2)CCO1. The number of nitrogen functional groups attached to an aromatic ring is 1. The normalized spacial score (nSPS) is 19.2. The van der Waals surface area contributed by atoms with Gasteiger partial charge in [0.2, 0.25) is 11.5 Å². The van der Waals surface area contributed by atoms with Crippen LogP contribution in [0.4, 0.5) is 29.3 Å². The Morgan fingerprint density at radius 3 is 2.72 bits per heavy atom. The first kappa shape index (κ1) is 21.2. The summed E-state index contributed by atoms with van der Waals surface area (Å²) in [6.45, 7) is 0.0395. The number of aromatic nitrogens is 3. The van der Waals surface area contributed by atoms with Crippen LogP contribution in [-0.4, -0.2) is 60.9 Å². The van der Waals surface area contributed by atoms with E-state index in [0.717, 1.165) is 12.5 Å². The lowest BCUT2D eigenvalue weighted by Gasteiger charge is -2.33. The van der Waals surface area contributed by atoms with E-state index in [1.807, 2.05) is 0 Å². The molecule has 1 saturated heterocycles. The first-order valence-corrected chi connectivity index (χ1v) is 10.3. The van der Waals surface area contributed by atoms with E-state index >= 15 is 0 Å². The Balaban J connectivity index is 1.93. The summed E-state index contributed by atoms with van der Waals surface area (Å²) in [5.41, 5.74) is 1.78. The van der Waals surface area contributed by atoms with Gasteiger partial charge in [0.05, 0.1) is 24.4 Å². The van der Waals surface area contributed by atoms with Crippen LogP contribution in [0.2, 0.25) is 0 Å². The first-order chi connectivity index (χ1) is 13.5. The molecular formula is C16H17F4N5O3S. The molecule has 0 aromatic carbocycles. The molecule has 0 spiro atoms. The molecule has 13 heteroatoms. The van der Waals surface area contributed by atoms with Gasteiger partial charge >= 0.3 is 6.18 Å². The predicted molar refractivity (Wildman–Crippen MR) is 96.4 cm³/mol. The highest BCUT2D eigenvalue weighted by molar-refractivity contribution is 7.91. The molecule has 3 rings (SSSR count). The van der Waals surface area contributed by atoms with Crippen LogP contribution in [0.1, 0.15) is 5.56 Å². The summed E-state index contributed by atoms with van der Waals surface area (Å²) < 4.78 is 82.3. The third kappa shape index (κ3) is 4.72. The number of morpholine rings is 1. The van der Waals surface area contributed by atoms with Gasteiger partial charge in [-0.15, -0.1) is 0 Å². The Hall–Kier alpha value is -2.54. The van der Waals surface area contributed by atoms with Crippen LogP contribution in [0.5, 0.6) is 0 Å². The lowest BCUT2D eigenvalue weighted by Crippen LogP contribution is -2.49. The van der Waals surface area contributed by atoms with Crippen molar-refractivity contribution in [3.8, 4) is 11.3 Å². The van der Waals surface area contributed by atoms with E-state index in [2.05, 4.69) is 15.0 Å².